The van der Waals surface area contributed by atoms with Crippen molar-refractivity contribution in [3.63, 3.8) is 0 Å². The molecule has 2 saturated carbocycles. The summed E-state index contributed by atoms with van der Waals surface area (Å²) in [6.07, 6.45) is 4.94. The van der Waals surface area contributed by atoms with E-state index in [9.17, 15) is 9.59 Å². The van der Waals surface area contributed by atoms with E-state index in [1.54, 1.807) is 4.90 Å². The SMILES string of the molecule is CCC(=O)N(c1nnc(SCC(=O)c2cc(C)n(C3CC3)c2C)s1)C1CC1. The van der Waals surface area contributed by atoms with Crippen molar-refractivity contribution >= 4 is 39.9 Å². The van der Waals surface area contributed by atoms with Crippen LogP contribution in [0.5, 0.6) is 0 Å². The maximum Gasteiger partial charge on any atom is 0.228 e. The van der Waals surface area contributed by atoms with Gasteiger partial charge in [-0.1, -0.05) is 30.0 Å². The Hall–Kier alpha value is -1.67. The minimum Gasteiger partial charge on any atom is -0.345 e. The molecule has 144 valence electrons. The van der Waals surface area contributed by atoms with E-state index in [2.05, 4.69) is 21.7 Å². The summed E-state index contributed by atoms with van der Waals surface area (Å²) in [7, 11) is 0. The predicted molar refractivity (Wildman–Crippen MR) is 108 cm³/mol. The Labute approximate surface area is 167 Å². The lowest BCUT2D eigenvalue weighted by Crippen LogP contribution is -2.32. The van der Waals surface area contributed by atoms with Gasteiger partial charge in [0.15, 0.2) is 10.1 Å². The summed E-state index contributed by atoms with van der Waals surface area (Å²) in [5.74, 6) is 0.559. The molecule has 8 heteroatoms. The molecule has 2 heterocycles. The van der Waals surface area contributed by atoms with Crippen molar-refractivity contribution in [2.75, 3.05) is 10.7 Å². The van der Waals surface area contributed by atoms with Gasteiger partial charge in [-0.15, -0.1) is 10.2 Å². The Morgan fingerprint density at radius 2 is 2.00 bits per heavy atom. The first kappa shape index (κ1) is 18.7. The summed E-state index contributed by atoms with van der Waals surface area (Å²) in [6, 6.07) is 2.86. The summed E-state index contributed by atoms with van der Waals surface area (Å²) in [5, 5.41) is 9.05. The summed E-state index contributed by atoms with van der Waals surface area (Å²) >= 11 is 2.82. The van der Waals surface area contributed by atoms with Crippen molar-refractivity contribution in [3.8, 4) is 0 Å². The van der Waals surface area contributed by atoms with Gasteiger partial charge < -0.3 is 4.57 Å². The number of nitrogens with zero attached hydrogens (tertiary/aromatic N) is 4. The number of ketones is 1. The maximum atomic E-state index is 12.7. The summed E-state index contributed by atoms with van der Waals surface area (Å²) in [5.41, 5.74) is 3.06. The van der Waals surface area contributed by atoms with Crippen LogP contribution in [0.15, 0.2) is 10.4 Å². The minimum absolute atomic E-state index is 0.0915. The van der Waals surface area contributed by atoms with E-state index in [4.69, 9.17) is 0 Å². The monoisotopic (exact) mass is 404 g/mol. The number of anilines is 1. The Morgan fingerprint density at radius 1 is 1.26 bits per heavy atom. The van der Waals surface area contributed by atoms with Crippen LogP contribution in [0.4, 0.5) is 5.13 Å². The normalized spacial score (nSPS) is 16.6. The third-order valence-corrected chi connectivity index (χ3v) is 7.16. The first-order chi connectivity index (χ1) is 13.0. The molecule has 1 amide bonds. The smallest absolute Gasteiger partial charge is 0.228 e. The molecule has 2 aliphatic rings. The predicted octanol–water partition coefficient (Wildman–Crippen LogP) is 4.17. The number of amides is 1. The average Bonchev–Trinajstić information content (AvgIpc) is 3.57. The highest BCUT2D eigenvalue weighted by molar-refractivity contribution is 8.01. The van der Waals surface area contributed by atoms with Gasteiger partial charge in [-0.25, -0.2) is 0 Å². The highest BCUT2D eigenvalue weighted by atomic mass is 32.2. The number of thioether (sulfide) groups is 1. The first-order valence-electron chi connectivity index (χ1n) is 9.49. The Kier molecular flexibility index (Phi) is 5.11. The zero-order valence-corrected chi connectivity index (χ0v) is 17.5. The van der Waals surface area contributed by atoms with Crippen LogP contribution in [0.2, 0.25) is 0 Å². The van der Waals surface area contributed by atoms with Crippen molar-refractivity contribution in [2.24, 2.45) is 0 Å². The van der Waals surface area contributed by atoms with Gasteiger partial charge >= 0.3 is 0 Å². The molecule has 2 fully saturated rings. The largest absolute Gasteiger partial charge is 0.345 e. The van der Waals surface area contributed by atoms with Crippen LogP contribution in [0.1, 0.15) is 66.8 Å². The number of carbonyl (C=O) groups excluding carboxylic acids is 2. The molecule has 0 spiro atoms. The molecule has 2 aromatic heterocycles. The van der Waals surface area contributed by atoms with E-state index in [1.165, 1.54) is 41.6 Å². The van der Waals surface area contributed by atoms with Gasteiger partial charge in [0.25, 0.3) is 0 Å². The molecular weight excluding hydrogens is 380 g/mol. The second-order valence-corrected chi connectivity index (χ2v) is 9.48. The Morgan fingerprint density at radius 3 is 2.63 bits per heavy atom. The third kappa shape index (κ3) is 3.82. The standard InChI is InChI=1S/C19H24N4O2S2/c1-4-17(25)23(14-7-8-14)18-20-21-19(27-18)26-10-16(24)15-9-11(2)22(12(15)3)13-5-6-13/h9,13-14H,4-8,10H2,1-3H3. The molecule has 0 aliphatic heterocycles. The number of Topliss-reactive ketones (excluding diaryl/α,β-unsaturated/α-hetero) is 1. The number of rotatable bonds is 8. The van der Waals surface area contributed by atoms with E-state index in [0.29, 0.717) is 23.3 Å². The molecule has 4 rings (SSSR count). The number of aryl methyl sites for hydroxylation is 1. The summed E-state index contributed by atoms with van der Waals surface area (Å²) < 4.78 is 3.04. The third-order valence-electron chi connectivity index (χ3n) is 5.11. The summed E-state index contributed by atoms with van der Waals surface area (Å²) in [6.45, 7) is 5.98. The zero-order chi connectivity index (χ0) is 19.1. The van der Waals surface area contributed by atoms with Crippen LogP contribution in [-0.2, 0) is 4.79 Å². The molecule has 0 aromatic carbocycles. The molecule has 2 aromatic rings. The van der Waals surface area contributed by atoms with E-state index in [0.717, 1.165) is 28.4 Å². The lowest BCUT2D eigenvalue weighted by Gasteiger charge is -2.17. The first-order valence-corrected chi connectivity index (χ1v) is 11.3. The van der Waals surface area contributed by atoms with E-state index >= 15 is 0 Å². The van der Waals surface area contributed by atoms with Crippen LogP contribution in [0, 0.1) is 13.8 Å². The number of carbonyl (C=O) groups is 2. The molecular formula is C19H24N4O2S2. The van der Waals surface area contributed by atoms with Crippen LogP contribution >= 0.6 is 23.1 Å². The van der Waals surface area contributed by atoms with Gasteiger partial charge in [0.1, 0.15) is 0 Å². The van der Waals surface area contributed by atoms with Crippen molar-refractivity contribution in [3.05, 3.63) is 23.0 Å². The Bertz CT molecular complexity index is 880. The molecule has 0 atom stereocenters. The van der Waals surface area contributed by atoms with Crippen LogP contribution in [0.25, 0.3) is 0 Å². The fraction of sp³-hybridized carbons (Fsp3) is 0.579. The van der Waals surface area contributed by atoms with E-state index < -0.39 is 0 Å². The van der Waals surface area contributed by atoms with Crippen molar-refractivity contribution in [1.29, 1.82) is 0 Å². The topological polar surface area (TPSA) is 68.1 Å². The zero-order valence-electron chi connectivity index (χ0n) is 15.9. The van der Waals surface area contributed by atoms with Gasteiger partial charge in [-0.3, -0.25) is 14.5 Å². The highest BCUT2D eigenvalue weighted by Gasteiger charge is 2.35. The number of hydrogen-bond donors (Lipinski definition) is 0. The van der Waals surface area contributed by atoms with Crippen molar-refractivity contribution < 1.29 is 9.59 Å². The van der Waals surface area contributed by atoms with Crippen LogP contribution in [0.3, 0.4) is 0 Å². The van der Waals surface area contributed by atoms with Crippen molar-refractivity contribution in [2.45, 2.75) is 69.3 Å². The minimum atomic E-state index is 0.0915. The van der Waals surface area contributed by atoms with Gasteiger partial charge in [0, 0.05) is 35.5 Å². The quantitative estimate of drug-likeness (QED) is 0.375. The molecule has 0 saturated heterocycles. The molecule has 0 unspecified atom stereocenters. The fourth-order valence-electron chi connectivity index (χ4n) is 3.49. The average molecular weight is 405 g/mol. The number of hydrogen-bond acceptors (Lipinski definition) is 6. The Balaban J connectivity index is 1.42. The molecule has 2 aliphatic carbocycles. The van der Waals surface area contributed by atoms with E-state index in [-0.39, 0.29) is 17.7 Å². The van der Waals surface area contributed by atoms with Crippen molar-refractivity contribution in [1.82, 2.24) is 14.8 Å². The number of aromatic nitrogens is 3. The maximum absolute atomic E-state index is 12.7. The molecule has 0 N–H and O–H groups in total. The highest BCUT2D eigenvalue weighted by Crippen LogP contribution is 2.39. The van der Waals surface area contributed by atoms with Gasteiger partial charge in [-0.05, 0) is 45.6 Å². The van der Waals surface area contributed by atoms with Gasteiger partial charge in [-0.2, -0.15) is 0 Å². The second kappa shape index (κ2) is 7.39. The van der Waals surface area contributed by atoms with Crippen LogP contribution in [-0.4, -0.2) is 38.2 Å². The van der Waals surface area contributed by atoms with Gasteiger partial charge in [0.2, 0.25) is 11.0 Å². The van der Waals surface area contributed by atoms with Crippen LogP contribution < -0.4 is 4.90 Å². The molecule has 0 bridgehead atoms. The molecule has 0 radical (unpaired) electrons. The van der Waals surface area contributed by atoms with E-state index in [1.807, 2.05) is 19.9 Å². The summed E-state index contributed by atoms with van der Waals surface area (Å²) in [4.78, 5) is 26.7. The van der Waals surface area contributed by atoms with Gasteiger partial charge in [0.05, 0.1) is 5.75 Å². The fourth-order valence-corrected chi connectivity index (χ4v) is 5.30. The second-order valence-electron chi connectivity index (χ2n) is 7.30. The molecule has 27 heavy (non-hydrogen) atoms. The molecule has 6 nitrogen and oxygen atoms in total. The lowest BCUT2D eigenvalue weighted by atomic mass is 10.2. The lowest BCUT2D eigenvalue weighted by molar-refractivity contribution is -0.118.